The monoisotopic (exact) mass is 282 g/mol. The second-order valence-corrected chi connectivity index (χ2v) is 3.69. The Kier molecular flexibility index (Phi) is 13.0. The highest BCUT2D eigenvalue weighted by Crippen LogP contribution is 2.26. The normalized spacial score (nSPS) is 7.95. The minimum absolute atomic E-state index is 0.190. The van der Waals surface area contributed by atoms with Crippen molar-refractivity contribution in [3.8, 4) is 17.6 Å². The molecule has 0 unspecified atom stereocenters. The van der Waals surface area contributed by atoms with E-state index in [0.29, 0.717) is 5.75 Å². The minimum Gasteiger partial charge on any atom is -0.504 e. The van der Waals surface area contributed by atoms with Gasteiger partial charge in [0.15, 0.2) is 11.5 Å². The van der Waals surface area contributed by atoms with E-state index in [1.54, 1.807) is 19.2 Å². The number of thiocarbonyl (C=S) groups is 1. The molecule has 1 aromatic rings. The van der Waals surface area contributed by atoms with Crippen molar-refractivity contribution in [1.29, 1.82) is 5.26 Å². The van der Waals surface area contributed by atoms with Crippen LogP contribution in [0.3, 0.4) is 0 Å². The topological polar surface area (TPSA) is 79.3 Å². The van der Waals surface area contributed by atoms with Gasteiger partial charge >= 0.3 is 0 Å². The van der Waals surface area contributed by atoms with Gasteiger partial charge in [-0.05, 0) is 24.1 Å². The van der Waals surface area contributed by atoms with Gasteiger partial charge in [-0.2, -0.15) is 5.26 Å². The van der Waals surface area contributed by atoms with E-state index < -0.39 is 0 Å². The number of benzene rings is 1. The number of aryl methyl sites for hydroxylation is 1. The fourth-order valence-electron chi connectivity index (χ4n) is 1.02. The summed E-state index contributed by atoms with van der Waals surface area (Å²) in [5, 5.41) is 17.0. The number of nitrogens with zero attached hydrogens (tertiary/aromatic N) is 1. The SMILES string of the molecule is CC.CCc1ccc(O)c(OC)c1.N#CCC(N)=S. The molecule has 106 valence electrons. The standard InChI is InChI=1S/C9H12O2.C3H4N2S.C2H6/c1-3-7-4-5-8(10)9(6-7)11-2;4-2-1-3(5)6;1-2/h4-6,10H,3H2,1-2H3;1H2,(H2,5,6);1-2H3. The largest absolute Gasteiger partial charge is 0.504 e. The maximum atomic E-state index is 9.21. The van der Waals surface area contributed by atoms with E-state index in [-0.39, 0.29) is 17.2 Å². The predicted octanol–water partition coefficient (Wildman–Crippen LogP) is 3.18. The van der Waals surface area contributed by atoms with Crippen LogP contribution in [0.2, 0.25) is 0 Å². The summed E-state index contributed by atoms with van der Waals surface area (Å²) in [6.07, 6.45) is 1.14. The van der Waals surface area contributed by atoms with E-state index >= 15 is 0 Å². The zero-order valence-electron chi connectivity index (χ0n) is 11.9. The fourth-order valence-corrected chi connectivity index (χ4v) is 1.08. The molecule has 19 heavy (non-hydrogen) atoms. The number of rotatable bonds is 3. The molecule has 0 aliphatic carbocycles. The molecule has 1 rings (SSSR count). The van der Waals surface area contributed by atoms with Crippen LogP contribution in [0.25, 0.3) is 0 Å². The van der Waals surface area contributed by atoms with Gasteiger partial charge in [0.05, 0.1) is 24.6 Å². The molecular formula is C14H22N2O2S. The minimum atomic E-state index is 0.190. The molecule has 1 aromatic carbocycles. The highest BCUT2D eigenvalue weighted by Gasteiger charge is 1.99. The first-order valence-electron chi connectivity index (χ1n) is 6.06. The lowest BCUT2D eigenvalue weighted by molar-refractivity contribution is 0.373. The van der Waals surface area contributed by atoms with Crippen LogP contribution in [0, 0.1) is 11.3 Å². The van der Waals surface area contributed by atoms with E-state index in [4.69, 9.17) is 15.7 Å². The van der Waals surface area contributed by atoms with Crippen LogP contribution >= 0.6 is 12.2 Å². The van der Waals surface area contributed by atoms with Crippen molar-refractivity contribution in [2.45, 2.75) is 33.6 Å². The molecule has 0 saturated carbocycles. The summed E-state index contributed by atoms with van der Waals surface area (Å²) in [7, 11) is 1.55. The van der Waals surface area contributed by atoms with Gasteiger partial charge < -0.3 is 15.6 Å². The van der Waals surface area contributed by atoms with Gasteiger partial charge in [0.1, 0.15) is 0 Å². The van der Waals surface area contributed by atoms with Crippen molar-refractivity contribution in [3.05, 3.63) is 23.8 Å². The average molecular weight is 282 g/mol. The molecule has 0 aliphatic heterocycles. The Morgan fingerprint density at radius 1 is 1.47 bits per heavy atom. The molecule has 0 heterocycles. The highest BCUT2D eigenvalue weighted by molar-refractivity contribution is 7.80. The molecule has 0 bridgehead atoms. The average Bonchev–Trinajstić information content (AvgIpc) is 2.42. The number of phenols is 1. The van der Waals surface area contributed by atoms with Gasteiger partial charge in [-0.25, -0.2) is 0 Å². The number of methoxy groups -OCH3 is 1. The molecule has 0 radical (unpaired) electrons. The molecule has 0 saturated heterocycles. The Hall–Kier alpha value is -1.80. The van der Waals surface area contributed by atoms with Crippen molar-refractivity contribution in [3.63, 3.8) is 0 Å². The van der Waals surface area contributed by atoms with Gasteiger partial charge in [0.25, 0.3) is 0 Å². The van der Waals surface area contributed by atoms with Gasteiger partial charge in [-0.3, -0.25) is 0 Å². The van der Waals surface area contributed by atoms with Gasteiger partial charge in [-0.15, -0.1) is 0 Å². The first-order valence-corrected chi connectivity index (χ1v) is 6.47. The summed E-state index contributed by atoms with van der Waals surface area (Å²) in [6, 6.07) is 7.18. The third-order valence-electron chi connectivity index (χ3n) is 1.91. The second kappa shape index (κ2) is 12.7. The number of aromatic hydroxyl groups is 1. The van der Waals surface area contributed by atoms with E-state index in [1.165, 1.54) is 5.56 Å². The Morgan fingerprint density at radius 3 is 2.37 bits per heavy atom. The van der Waals surface area contributed by atoms with Crippen LogP contribution in [0.5, 0.6) is 11.5 Å². The number of phenolic OH excluding ortho intramolecular Hbond substituents is 1. The van der Waals surface area contributed by atoms with E-state index in [2.05, 4.69) is 19.1 Å². The maximum Gasteiger partial charge on any atom is 0.160 e. The summed E-state index contributed by atoms with van der Waals surface area (Å²) >= 11 is 4.35. The van der Waals surface area contributed by atoms with Crippen molar-refractivity contribution >= 4 is 17.2 Å². The zero-order chi connectivity index (χ0) is 15.3. The molecular weight excluding hydrogens is 260 g/mol. The predicted molar refractivity (Wildman–Crippen MR) is 82.4 cm³/mol. The van der Waals surface area contributed by atoms with Crippen LogP contribution in [-0.2, 0) is 6.42 Å². The maximum absolute atomic E-state index is 9.21. The summed E-state index contributed by atoms with van der Waals surface area (Å²) in [5.74, 6) is 0.744. The molecule has 0 aliphatic rings. The fraction of sp³-hybridized carbons (Fsp3) is 0.429. The van der Waals surface area contributed by atoms with Crippen molar-refractivity contribution in [1.82, 2.24) is 0 Å². The Bertz CT molecular complexity index is 414. The van der Waals surface area contributed by atoms with Gasteiger partial charge in [-0.1, -0.05) is 39.1 Å². The van der Waals surface area contributed by atoms with Crippen molar-refractivity contribution < 1.29 is 9.84 Å². The summed E-state index contributed by atoms with van der Waals surface area (Å²) < 4.78 is 4.94. The molecule has 0 spiro atoms. The Labute approximate surface area is 120 Å². The van der Waals surface area contributed by atoms with Crippen molar-refractivity contribution in [2.75, 3.05) is 7.11 Å². The van der Waals surface area contributed by atoms with E-state index in [0.717, 1.165) is 6.42 Å². The van der Waals surface area contributed by atoms with E-state index in [1.807, 2.05) is 26.0 Å². The number of nitrogens with two attached hydrogens (primary N) is 1. The third-order valence-corrected chi connectivity index (χ3v) is 2.05. The number of hydrogen-bond donors (Lipinski definition) is 2. The smallest absolute Gasteiger partial charge is 0.160 e. The molecule has 0 amide bonds. The molecule has 0 fully saturated rings. The lowest BCUT2D eigenvalue weighted by Gasteiger charge is -2.03. The number of nitriles is 1. The molecule has 3 N–H and O–H groups in total. The van der Waals surface area contributed by atoms with Crippen LogP contribution in [0.1, 0.15) is 32.8 Å². The van der Waals surface area contributed by atoms with Gasteiger partial charge in [0.2, 0.25) is 0 Å². The molecule has 0 atom stereocenters. The molecule has 5 heteroatoms. The lowest BCUT2D eigenvalue weighted by Crippen LogP contribution is -2.04. The van der Waals surface area contributed by atoms with Gasteiger partial charge in [0, 0.05) is 0 Å². The summed E-state index contributed by atoms with van der Waals surface area (Å²) in [5.41, 5.74) is 6.08. The quantitative estimate of drug-likeness (QED) is 0.832. The lowest BCUT2D eigenvalue weighted by atomic mass is 10.1. The highest BCUT2D eigenvalue weighted by atomic mass is 32.1. The summed E-state index contributed by atoms with van der Waals surface area (Å²) in [4.78, 5) is 0.262. The third kappa shape index (κ3) is 9.86. The molecule has 4 nitrogen and oxygen atoms in total. The Balaban J connectivity index is 0. The number of hydrogen-bond acceptors (Lipinski definition) is 4. The zero-order valence-corrected chi connectivity index (χ0v) is 12.8. The second-order valence-electron chi connectivity index (χ2n) is 3.16. The van der Waals surface area contributed by atoms with Crippen LogP contribution in [0.15, 0.2) is 18.2 Å². The van der Waals surface area contributed by atoms with Crippen LogP contribution in [-0.4, -0.2) is 17.2 Å². The first-order chi connectivity index (χ1) is 9.04. The Morgan fingerprint density at radius 2 is 2.05 bits per heavy atom. The summed E-state index contributed by atoms with van der Waals surface area (Å²) in [6.45, 7) is 6.06. The van der Waals surface area contributed by atoms with E-state index in [9.17, 15) is 5.11 Å². The van der Waals surface area contributed by atoms with Crippen LogP contribution in [0.4, 0.5) is 0 Å². The number of ether oxygens (including phenoxy) is 1. The van der Waals surface area contributed by atoms with Crippen LogP contribution < -0.4 is 10.5 Å². The molecule has 0 aromatic heterocycles. The van der Waals surface area contributed by atoms with Crippen molar-refractivity contribution in [2.24, 2.45) is 5.73 Å². The first kappa shape index (κ1) is 19.5.